The van der Waals surface area contributed by atoms with Gasteiger partial charge in [-0.05, 0) is 42.8 Å². The topological polar surface area (TPSA) is 98.4 Å². The van der Waals surface area contributed by atoms with E-state index in [9.17, 15) is 4.79 Å². The monoisotopic (exact) mass is 524 g/mol. The molecule has 0 unspecified atom stereocenters. The third-order valence-corrected chi connectivity index (χ3v) is 5.92. The SMILES string of the molecule is COCCCNC(=O)c1cc(-c2ccc(OC)c(OC)c2)nc2n[nH]c(-c3ccc(Br)cc3)c12. The van der Waals surface area contributed by atoms with E-state index in [2.05, 4.69) is 31.4 Å². The number of amides is 1. The minimum absolute atomic E-state index is 0.204. The first-order chi connectivity index (χ1) is 16.5. The summed E-state index contributed by atoms with van der Waals surface area (Å²) in [4.78, 5) is 18.0. The minimum atomic E-state index is -0.204. The lowest BCUT2D eigenvalue weighted by Crippen LogP contribution is -2.25. The van der Waals surface area contributed by atoms with Crippen LogP contribution in [0.2, 0.25) is 0 Å². The van der Waals surface area contributed by atoms with Crippen LogP contribution >= 0.6 is 15.9 Å². The van der Waals surface area contributed by atoms with Gasteiger partial charge in [0.05, 0.1) is 36.6 Å². The van der Waals surface area contributed by atoms with E-state index < -0.39 is 0 Å². The zero-order chi connectivity index (χ0) is 24.1. The van der Waals surface area contributed by atoms with Crippen LogP contribution in [0.25, 0.3) is 33.5 Å². The third kappa shape index (κ3) is 4.90. The number of rotatable bonds is 9. The lowest BCUT2D eigenvalue weighted by Gasteiger charge is -2.12. The van der Waals surface area contributed by atoms with Gasteiger partial charge in [-0.1, -0.05) is 28.1 Å². The van der Waals surface area contributed by atoms with E-state index in [1.807, 2.05) is 42.5 Å². The van der Waals surface area contributed by atoms with E-state index >= 15 is 0 Å². The van der Waals surface area contributed by atoms with Crippen LogP contribution in [0.15, 0.2) is 53.0 Å². The van der Waals surface area contributed by atoms with E-state index in [0.717, 1.165) is 21.3 Å². The van der Waals surface area contributed by atoms with Crippen molar-refractivity contribution >= 4 is 32.9 Å². The molecule has 0 aliphatic heterocycles. The molecule has 0 radical (unpaired) electrons. The summed E-state index contributed by atoms with van der Waals surface area (Å²) < 4.78 is 16.8. The number of nitrogens with one attached hydrogen (secondary N) is 2. The van der Waals surface area contributed by atoms with Crippen LogP contribution in [-0.4, -0.2) is 55.6 Å². The first-order valence-electron chi connectivity index (χ1n) is 10.7. The fourth-order valence-electron chi connectivity index (χ4n) is 3.69. The van der Waals surface area contributed by atoms with Crippen LogP contribution in [0.4, 0.5) is 0 Å². The fourth-order valence-corrected chi connectivity index (χ4v) is 3.95. The Hall–Kier alpha value is -3.43. The molecular weight excluding hydrogens is 500 g/mol. The molecule has 9 heteroatoms. The highest BCUT2D eigenvalue weighted by molar-refractivity contribution is 9.10. The van der Waals surface area contributed by atoms with Crippen molar-refractivity contribution in [3.8, 4) is 34.0 Å². The molecule has 0 saturated heterocycles. The molecule has 0 spiro atoms. The van der Waals surface area contributed by atoms with Gasteiger partial charge in [-0.3, -0.25) is 9.89 Å². The Kier molecular flexibility index (Phi) is 7.44. The number of aromatic amines is 1. The summed E-state index contributed by atoms with van der Waals surface area (Å²) in [7, 11) is 4.80. The third-order valence-electron chi connectivity index (χ3n) is 5.39. The van der Waals surface area contributed by atoms with Gasteiger partial charge in [0.25, 0.3) is 5.91 Å². The Morgan fingerprint density at radius 3 is 2.44 bits per heavy atom. The number of benzene rings is 2. The van der Waals surface area contributed by atoms with Crippen LogP contribution in [0.1, 0.15) is 16.8 Å². The number of hydrogen-bond acceptors (Lipinski definition) is 6. The maximum Gasteiger partial charge on any atom is 0.252 e. The van der Waals surface area contributed by atoms with Crippen LogP contribution in [0.5, 0.6) is 11.5 Å². The first-order valence-corrected chi connectivity index (χ1v) is 11.5. The number of pyridine rings is 1. The molecule has 0 saturated carbocycles. The fraction of sp³-hybridized carbons (Fsp3) is 0.240. The summed E-state index contributed by atoms with van der Waals surface area (Å²) in [6.45, 7) is 1.06. The summed E-state index contributed by atoms with van der Waals surface area (Å²) in [6.07, 6.45) is 0.712. The summed E-state index contributed by atoms with van der Waals surface area (Å²) in [5, 5.41) is 11.1. The van der Waals surface area contributed by atoms with Crippen LogP contribution in [-0.2, 0) is 4.74 Å². The summed E-state index contributed by atoms with van der Waals surface area (Å²) in [5.41, 5.74) is 3.95. The molecule has 0 bridgehead atoms. The average Bonchev–Trinajstić information content (AvgIpc) is 3.30. The molecular formula is C25H25BrN4O4. The molecule has 1 amide bonds. The van der Waals surface area contributed by atoms with Gasteiger partial charge in [0.2, 0.25) is 0 Å². The molecule has 0 aliphatic rings. The van der Waals surface area contributed by atoms with Gasteiger partial charge < -0.3 is 19.5 Å². The normalized spacial score (nSPS) is 10.9. The Labute approximate surface area is 205 Å². The molecule has 8 nitrogen and oxygen atoms in total. The highest BCUT2D eigenvalue weighted by atomic mass is 79.9. The van der Waals surface area contributed by atoms with E-state index in [1.165, 1.54) is 0 Å². The first kappa shape index (κ1) is 23.7. The number of H-pyrrole nitrogens is 1. The number of nitrogens with zero attached hydrogens (tertiary/aromatic N) is 2. The zero-order valence-electron chi connectivity index (χ0n) is 19.1. The lowest BCUT2D eigenvalue weighted by atomic mass is 10.0. The van der Waals surface area contributed by atoms with Gasteiger partial charge in [-0.2, -0.15) is 5.10 Å². The molecule has 176 valence electrons. The second kappa shape index (κ2) is 10.7. The predicted octanol–water partition coefficient (Wildman–Crippen LogP) is 4.84. The second-order valence-corrected chi connectivity index (χ2v) is 8.45. The van der Waals surface area contributed by atoms with Crippen LogP contribution in [0, 0.1) is 0 Å². The van der Waals surface area contributed by atoms with Gasteiger partial charge in [-0.25, -0.2) is 4.98 Å². The number of ether oxygens (including phenoxy) is 3. The van der Waals surface area contributed by atoms with Gasteiger partial charge in [-0.15, -0.1) is 0 Å². The number of hydrogen-bond donors (Lipinski definition) is 2. The van der Waals surface area contributed by atoms with Crippen molar-refractivity contribution in [1.29, 1.82) is 0 Å². The summed E-state index contributed by atoms with van der Waals surface area (Å²) in [5.74, 6) is 0.982. The molecule has 4 aromatic rings. The number of halogens is 1. The molecule has 2 N–H and O–H groups in total. The molecule has 0 aliphatic carbocycles. The van der Waals surface area contributed by atoms with Crippen LogP contribution < -0.4 is 14.8 Å². The van der Waals surface area contributed by atoms with E-state index in [-0.39, 0.29) is 5.91 Å². The largest absolute Gasteiger partial charge is 0.493 e. The van der Waals surface area contributed by atoms with Crippen molar-refractivity contribution in [2.24, 2.45) is 0 Å². The molecule has 0 atom stereocenters. The molecule has 2 aromatic carbocycles. The van der Waals surface area contributed by atoms with Crippen molar-refractivity contribution in [1.82, 2.24) is 20.5 Å². The molecule has 4 rings (SSSR count). The predicted molar refractivity (Wildman–Crippen MR) is 134 cm³/mol. The van der Waals surface area contributed by atoms with Crippen LogP contribution in [0.3, 0.4) is 0 Å². The second-order valence-electron chi connectivity index (χ2n) is 7.53. The maximum atomic E-state index is 13.3. The quantitative estimate of drug-likeness (QED) is 0.304. The average molecular weight is 525 g/mol. The number of carbonyl (C=O) groups is 1. The molecule has 2 heterocycles. The van der Waals surface area contributed by atoms with Crippen molar-refractivity contribution in [2.75, 3.05) is 34.5 Å². The Morgan fingerprint density at radius 1 is 1.00 bits per heavy atom. The van der Waals surface area contributed by atoms with Gasteiger partial charge in [0.15, 0.2) is 17.1 Å². The van der Waals surface area contributed by atoms with Gasteiger partial charge >= 0.3 is 0 Å². The summed E-state index contributed by atoms with van der Waals surface area (Å²) in [6, 6.07) is 15.1. The number of methoxy groups -OCH3 is 3. The van der Waals surface area contributed by atoms with E-state index in [0.29, 0.717) is 53.4 Å². The zero-order valence-corrected chi connectivity index (χ0v) is 20.7. The molecule has 2 aromatic heterocycles. The Bertz CT molecular complexity index is 1300. The van der Waals surface area contributed by atoms with Crippen molar-refractivity contribution < 1.29 is 19.0 Å². The molecule has 0 fully saturated rings. The lowest BCUT2D eigenvalue weighted by molar-refractivity contribution is 0.0950. The number of fused-ring (bicyclic) bond motifs is 1. The number of carbonyl (C=O) groups excluding carboxylic acids is 1. The van der Waals surface area contributed by atoms with Gasteiger partial charge in [0, 0.05) is 35.9 Å². The van der Waals surface area contributed by atoms with Crippen molar-refractivity contribution in [3.63, 3.8) is 0 Å². The maximum absolute atomic E-state index is 13.3. The highest BCUT2D eigenvalue weighted by Gasteiger charge is 2.21. The Balaban J connectivity index is 1.83. The highest BCUT2D eigenvalue weighted by Crippen LogP contribution is 2.35. The minimum Gasteiger partial charge on any atom is -0.493 e. The standard InChI is InChI=1S/C25H25BrN4O4/c1-32-12-4-11-27-25(31)18-14-19(16-7-10-20(33-2)21(13-16)34-3)28-24-22(18)23(29-30-24)15-5-8-17(26)9-6-15/h5-10,13-14H,4,11-12H2,1-3H3,(H,27,31)(H,28,29,30). The van der Waals surface area contributed by atoms with E-state index in [1.54, 1.807) is 27.4 Å². The summed E-state index contributed by atoms with van der Waals surface area (Å²) >= 11 is 3.46. The van der Waals surface area contributed by atoms with Gasteiger partial charge in [0.1, 0.15) is 0 Å². The van der Waals surface area contributed by atoms with E-state index in [4.69, 9.17) is 19.2 Å². The molecule has 34 heavy (non-hydrogen) atoms. The van der Waals surface area contributed by atoms with Crippen molar-refractivity contribution in [3.05, 3.63) is 58.6 Å². The smallest absolute Gasteiger partial charge is 0.252 e. The number of aromatic nitrogens is 3. The van der Waals surface area contributed by atoms with Crippen molar-refractivity contribution in [2.45, 2.75) is 6.42 Å². The Morgan fingerprint density at radius 2 is 1.74 bits per heavy atom.